The highest BCUT2D eigenvalue weighted by Gasteiger charge is 2.48. The Morgan fingerprint density at radius 2 is 1.72 bits per heavy atom. The van der Waals surface area contributed by atoms with E-state index in [0.29, 0.717) is 30.3 Å². The summed E-state index contributed by atoms with van der Waals surface area (Å²) in [5.74, 6) is -1.16. The lowest BCUT2D eigenvalue weighted by atomic mass is 9.69. The molecule has 0 bridgehead atoms. The van der Waals surface area contributed by atoms with Gasteiger partial charge in [0.2, 0.25) is 0 Å². The Kier molecular flexibility index (Phi) is 10.3. The van der Waals surface area contributed by atoms with Crippen LogP contribution in [0.15, 0.2) is 64.2 Å². The Balaban J connectivity index is 1.16. The van der Waals surface area contributed by atoms with E-state index in [1.807, 2.05) is 19.9 Å². The van der Waals surface area contributed by atoms with Gasteiger partial charge in [-0.15, -0.1) is 0 Å². The van der Waals surface area contributed by atoms with Crippen LogP contribution in [0, 0.1) is 11.8 Å². The number of benzene rings is 2. The number of carbonyl (C=O) groups is 3. The highest BCUT2D eigenvalue weighted by atomic mass is 79.9. The molecule has 250 valence electrons. The van der Waals surface area contributed by atoms with Crippen LogP contribution in [0.3, 0.4) is 0 Å². The Hall–Kier alpha value is -3.27. The minimum absolute atomic E-state index is 0.00726. The lowest BCUT2D eigenvalue weighted by molar-refractivity contribution is -0.147. The second-order valence-electron chi connectivity index (χ2n) is 13.9. The van der Waals surface area contributed by atoms with Crippen LogP contribution in [-0.4, -0.2) is 75.4 Å². The van der Waals surface area contributed by atoms with Gasteiger partial charge in [-0.25, -0.2) is 0 Å². The van der Waals surface area contributed by atoms with Crippen molar-refractivity contribution in [3.05, 3.63) is 80.9 Å². The van der Waals surface area contributed by atoms with Crippen LogP contribution in [0.25, 0.3) is 0 Å². The number of piperidine rings is 3. The minimum atomic E-state index is -0.984. The molecule has 0 unspecified atom stereocenters. The van der Waals surface area contributed by atoms with Crippen LogP contribution in [-0.2, 0) is 16.1 Å². The van der Waals surface area contributed by atoms with E-state index >= 15 is 0 Å². The first-order chi connectivity index (χ1) is 22.6. The number of halogens is 1. The molecule has 0 radical (unpaired) electrons. The number of phenolic OH excluding ortho intramolecular Hbond substituents is 2. The first-order valence-electron chi connectivity index (χ1n) is 17.0. The number of hydrogen-bond donors (Lipinski definition) is 2. The monoisotopic (exact) mass is 704 g/mol. The number of nitrogens with zero attached hydrogens (tertiary/aromatic N) is 2. The molecule has 0 amide bonds. The lowest BCUT2D eigenvalue weighted by Crippen LogP contribution is -2.64. The average molecular weight is 706 g/mol. The molecule has 2 aromatic rings. The number of carbonyl (C=O) groups excluding carboxylic acids is 3. The lowest BCUT2D eigenvalue weighted by Gasteiger charge is -2.57. The summed E-state index contributed by atoms with van der Waals surface area (Å²) in [5, 5.41) is 20.7. The van der Waals surface area contributed by atoms with E-state index in [2.05, 4.69) is 50.0 Å². The number of Topliss-reactive ketones (excluding diaryl/α,β-unsaturated/α-hetero) is 1. The van der Waals surface area contributed by atoms with E-state index in [9.17, 15) is 24.6 Å². The molecule has 0 saturated carbocycles. The Morgan fingerprint density at radius 1 is 1.02 bits per heavy atom. The predicted octanol–water partition coefficient (Wildman–Crippen LogP) is 6.98. The van der Waals surface area contributed by atoms with Crippen LogP contribution < -0.4 is 0 Å². The molecule has 3 saturated heterocycles. The maximum Gasteiger partial charge on any atom is 0.306 e. The molecule has 2 aromatic carbocycles. The molecular formula is C38H45BrN2O6. The fraction of sp³-hybridized carbons (Fsp3) is 0.500. The Morgan fingerprint density at radius 3 is 2.45 bits per heavy atom. The van der Waals surface area contributed by atoms with Gasteiger partial charge < -0.3 is 14.9 Å². The van der Waals surface area contributed by atoms with Gasteiger partial charge in [0.05, 0.1) is 11.1 Å². The van der Waals surface area contributed by atoms with E-state index < -0.39 is 29.4 Å². The van der Waals surface area contributed by atoms with Gasteiger partial charge in [0.15, 0.2) is 11.6 Å². The molecule has 47 heavy (non-hydrogen) atoms. The molecule has 0 aromatic heterocycles. The number of aromatic hydroxyl groups is 2. The molecule has 0 spiro atoms. The second kappa shape index (κ2) is 14.5. The highest BCUT2D eigenvalue weighted by Crippen LogP contribution is 2.44. The van der Waals surface area contributed by atoms with Crippen molar-refractivity contribution < 1.29 is 29.3 Å². The number of likely N-dealkylation sites (tertiary alicyclic amines) is 1. The van der Waals surface area contributed by atoms with Crippen molar-refractivity contribution in [2.24, 2.45) is 11.8 Å². The zero-order valence-corrected chi connectivity index (χ0v) is 28.9. The first kappa shape index (κ1) is 33.6. The molecule has 9 heteroatoms. The quantitative estimate of drug-likeness (QED) is 0.155. The molecule has 1 aliphatic carbocycles. The average Bonchev–Trinajstić information content (AvgIpc) is 3.04. The van der Waals surface area contributed by atoms with Gasteiger partial charge in [-0.1, -0.05) is 39.7 Å². The molecule has 6 rings (SSSR count). The van der Waals surface area contributed by atoms with E-state index in [4.69, 9.17) is 4.74 Å². The van der Waals surface area contributed by atoms with Crippen molar-refractivity contribution in [2.45, 2.75) is 89.9 Å². The molecule has 4 aliphatic rings. The van der Waals surface area contributed by atoms with Crippen molar-refractivity contribution in [3.8, 4) is 11.5 Å². The SMILES string of the molecule is CC(C)=CC[C@@H](OC(=O)CCC[C@H]1[C@@H]2CCCN3CCC[C@H](CN1Cc1ccc(Br)cc1)[C@H]23)C1=CC(=O)c2c(O)ccc(O)c2C1=O. The van der Waals surface area contributed by atoms with E-state index in [1.54, 1.807) is 0 Å². The fourth-order valence-electron chi connectivity index (χ4n) is 8.46. The van der Waals surface area contributed by atoms with Crippen LogP contribution in [0.5, 0.6) is 11.5 Å². The number of allylic oxidation sites excluding steroid dienone is 2. The number of phenols is 2. The Labute approximate surface area is 285 Å². The maximum atomic E-state index is 13.5. The van der Waals surface area contributed by atoms with Gasteiger partial charge in [0.25, 0.3) is 0 Å². The second-order valence-corrected chi connectivity index (χ2v) is 14.8. The number of rotatable bonds is 10. The molecule has 3 aliphatic heterocycles. The topological polar surface area (TPSA) is 107 Å². The van der Waals surface area contributed by atoms with Crippen LogP contribution in [0.4, 0.5) is 0 Å². The van der Waals surface area contributed by atoms with Gasteiger partial charge in [-0.2, -0.15) is 0 Å². The third-order valence-corrected chi connectivity index (χ3v) is 11.0. The van der Waals surface area contributed by atoms with Crippen molar-refractivity contribution in [2.75, 3.05) is 19.6 Å². The van der Waals surface area contributed by atoms with Crippen LogP contribution in [0.1, 0.15) is 91.5 Å². The normalized spacial score (nSPS) is 25.0. The summed E-state index contributed by atoms with van der Waals surface area (Å²) in [6, 6.07) is 11.9. The third-order valence-electron chi connectivity index (χ3n) is 10.5. The predicted molar refractivity (Wildman–Crippen MR) is 183 cm³/mol. The van der Waals surface area contributed by atoms with Crippen molar-refractivity contribution in [1.82, 2.24) is 9.80 Å². The van der Waals surface area contributed by atoms with E-state index in [1.165, 1.54) is 56.5 Å². The number of ketones is 2. The van der Waals surface area contributed by atoms with Crippen molar-refractivity contribution in [1.29, 1.82) is 0 Å². The zero-order chi connectivity index (χ0) is 33.2. The summed E-state index contributed by atoms with van der Waals surface area (Å²) < 4.78 is 7.01. The molecule has 5 atom stereocenters. The van der Waals surface area contributed by atoms with Gasteiger partial charge in [-0.05, 0) is 113 Å². The zero-order valence-electron chi connectivity index (χ0n) is 27.3. The van der Waals surface area contributed by atoms with Crippen LogP contribution >= 0.6 is 15.9 Å². The summed E-state index contributed by atoms with van der Waals surface area (Å²) in [5.41, 5.74) is 1.80. The number of fused-ring (bicyclic) bond motifs is 1. The summed E-state index contributed by atoms with van der Waals surface area (Å²) in [4.78, 5) is 45.3. The summed E-state index contributed by atoms with van der Waals surface area (Å²) in [7, 11) is 0. The summed E-state index contributed by atoms with van der Waals surface area (Å²) >= 11 is 3.56. The minimum Gasteiger partial charge on any atom is -0.507 e. The van der Waals surface area contributed by atoms with Gasteiger partial charge >= 0.3 is 5.97 Å². The molecule has 2 N–H and O–H groups in total. The third kappa shape index (κ3) is 7.27. The number of esters is 1. The Bertz CT molecular complexity index is 1580. The standard InChI is InChI=1S/C38H45BrN2O6/c1-23(2)10-17-33(28-20-32(44)35-30(42)15-16-31(43)36(35)38(28)46)47-34(45)9-3-8-29-27-7-5-19-40-18-4-6-25(37(27)40)22-41(29)21-24-11-13-26(39)14-12-24/h10-16,20,25,27,29,33,37,42-43H,3-9,17-19,21-22H2,1-2H3/t25-,27+,29+,33-,37-/m1/s1. The van der Waals surface area contributed by atoms with E-state index in [-0.39, 0.29) is 35.3 Å². The van der Waals surface area contributed by atoms with Gasteiger partial charge in [-0.3, -0.25) is 24.2 Å². The van der Waals surface area contributed by atoms with Gasteiger partial charge in [0.1, 0.15) is 17.6 Å². The van der Waals surface area contributed by atoms with Crippen molar-refractivity contribution in [3.63, 3.8) is 0 Å². The largest absolute Gasteiger partial charge is 0.507 e. The van der Waals surface area contributed by atoms with E-state index in [0.717, 1.165) is 35.6 Å². The highest BCUT2D eigenvalue weighted by molar-refractivity contribution is 9.10. The van der Waals surface area contributed by atoms with Gasteiger partial charge in [0, 0.05) is 48.1 Å². The number of hydrogen-bond acceptors (Lipinski definition) is 8. The molecule has 3 fully saturated rings. The maximum absolute atomic E-state index is 13.5. The van der Waals surface area contributed by atoms with Crippen LogP contribution in [0.2, 0.25) is 0 Å². The molecule has 8 nitrogen and oxygen atoms in total. The fourth-order valence-corrected chi connectivity index (χ4v) is 8.73. The molecular weight excluding hydrogens is 660 g/mol. The first-order valence-corrected chi connectivity index (χ1v) is 17.8. The molecule has 3 heterocycles. The summed E-state index contributed by atoms with van der Waals surface area (Å²) in [6.07, 6.45) is 8.95. The number of ether oxygens (including phenoxy) is 1. The smallest absolute Gasteiger partial charge is 0.306 e. The summed E-state index contributed by atoms with van der Waals surface area (Å²) in [6.45, 7) is 8.16. The van der Waals surface area contributed by atoms with Crippen molar-refractivity contribution >= 4 is 33.5 Å².